The summed E-state index contributed by atoms with van der Waals surface area (Å²) in [7, 11) is 1.37. The number of carbonyl (C=O) groups excluding carboxylic acids is 6. The fourth-order valence-corrected chi connectivity index (χ4v) is 7.84. The highest BCUT2D eigenvalue weighted by Crippen LogP contribution is 2.33. The summed E-state index contributed by atoms with van der Waals surface area (Å²) in [6.07, 6.45) is -2.04. The quantitative estimate of drug-likeness (QED) is 0.167. The molecule has 0 saturated heterocycles. The van der Waals surface area contributed by atoms with Crippen molar-refractivity contribution < 1.29 is 57.6 Å². The predicted molar refractivity (Wildman–Crippen MR) is 172 cm³/mol. The molecule has 2 amide bonds. The van der Waals surface area contributed by atoms with E-state index in [-0.39, 0.29) is 66.1 Å². The number of rotatable bonds is 13. The zero-order valence-corrected chi connectivity index (χ0v) is 30.2. The Morgan fingerprint density at radius 3 is 1.62 bits per heavy atom. The van der Waals surface area contributed by atoms with Crippen molar-refractivity contribution in [2.24, 2.45) is 0 Å². The van der Waals surface area contributed by atoms with E-state index >= 15 is 0 Å². The molecular formula is C24H28ClI3N2O12. The van der Waals surface area contributed by atoms with E-state index in [0.717, 1.165) is 25.7 Å². The van der Waals surface area contributed by atoms with Crippen LogP contribution in [0.4, 0.5) is 0 Å². The van der Waals surface area contributed by atoms with Crippen LogP contribution in [0.5, 0.6) is 0 Å². The fourth-order valence-electron chi connectivity index (χ4n) is 3.26. The second-order valence-electron chi connectivity index (χ2n) is 8.34. The Bertz CT molecular complexity index is 1240. The Kier molecular flexibility index (Phi) is 17.7. The first-order chi connectivity index (χ1) is 19.0. The average Bonchev–Trinajstić information content (AvgIpc) is 2.82. The largest absolute Gasteiger partial charge is 0.478 e. The first kappa shape index (κ1) is 40.0. The van der Waals surface area contributed by atoms with Gasteiger partial charge in [-0.05, 0) is 67.8 Å². The molecule has 234 valence electrons. The molecule has 0 heterocycles. The monoisotopic (exact) mass is 952 g/mol. The fraction of sp³-hybridized carbons (Fsp3) is 0.458. The molecule has 1 aromatic rings. The maximum absolute atomic E-state index is 13.6. The third kappa shape index (κ3) is 12.3. The summed E-state index contributed by atoms with van der Waals surface area (Å²) in [6, 6.07) is 0. The lowest BCUT2D eigenvalue weighted by Gasteiger charge is -2.25. The zero-order chi connectivity index (χ0) is 31.6. The van der Waals surface area contributed by atoms with Crippen LogP contribution in [0.15, 0.2) is 0 Å². The molecule has 2 atom stereocenters. The summed E-state index contributed by atoms with van der Waals surface area (Å²) in [4.78, 5) is 85.5. The maximum atomic E-state index is 13.6. The molecule has 0 spiro atoms. The van der Waals surface area contributed by atoms with E-state index in [0.29, 0.717) is 0 Å². The highest BCUT2D eigenvalue weighted by atomic mass is 127. The summed E-state index contributed by atoms with van der Waals surface area (Å²) in [5.41, 5.74) is -0.505. The molecule has 0 aliphatic heterocycles. The van der Waals surface area contributed by atoms with Crippen LogP contribution in [0, 0.1) is 10.7 Å². The van der Waals surface area contributed by atoms with Crippen molar-refractivity contribution in [2.75, 3.05) is 33.4 Å². The van der Waals surface area contributed by atoms with Gasteiger partial charge in [-0.1, -0.05) is 0 Å². The number of likely N-dealkylation sites (N-methyl/N-ethyl adjacent to an activating group) is 1. The van der Waals surface area contributed by atoms with E-state index < -0.39 is 53.9 Å². The molecule has 1 aromatic carbocycles. The van der Waals surface area contributed by atoms with Gasteiger partial charge in [-0.3, -0.25) is 28.8 Å². The summed E-state index contributed by atoms with van der Waals surface area (Å²) < 4.78 is 20.2. The molecule has 0 aliphatic carbocycles. The first-order valence-electron chi connectivity index (χ1n) is 11.6. The molecule has 0 radical (unpaired) electrons. The minimum atomic E-state index is -1.39. The molecule has 14 nitrogen and oxygen atoms in total. The van der Waals surface area contributed by atoms with Crippen molar-refractivity contribution in [1.82, 2.24) is 10.2 Å². The molecule has 2 unspecified atom stereocenters. The zero-order valence-electron chi connectivity index (χ0n) is 22.9. The van der Waals surface area contributed by atoms with E-state index in [9.17, 15) is 38.7 Å². The summed E-state index contributed by atoms with van der Waals surface area (Å²) in [5, 5.41) is 12.4. The second kappa shape index (κ2) is 18.6. The highest BCUT2D eigenvalue weighted by molar-refractivity contribution is 14.1. The van der Waals surface area contributed by atoms with Gasteiger partial charge in [-0.2, -0.15) is 0 Å². The lowest BCUT2D eigenvalue weighted by molar-refractivity contribution is -0.156. The topological polar surface area (TPSA) is 192 Å². The van der Waals surface area contributed by atoms with Crippen LogP contribution >= 0.6 is 80.2 Å². The smallest absolute Gasteiger partial charge is 0.337 e. The number of aromatic carboxylic acids is 1. The summed E-state index contributed by atoms with van der Waals surface area (Å²) in [6.45, 7) is 3.47. The molecule has 0 bridgehead atoms. The molecule has 0 fully saturated rings. The van der Waals surface area contributed by atoms with E-state index in [4.69, 9.17) is 18.9 Å². The van der Waals surface area contributed by atoms with Crippen molar-refractivity contribution in [3.63, 3.8) is 0 Å². The first-order valence-corrected chi connectivity index (χ1v) is 14.8. The third-order valence-corrected chi connectivity index (χ3v) is 8.13. The van der Waals surface area contributed by atoms with Crippen LogP contribution in [0.2, 0.25) is 0 Å². The number of halogens is 4. The van der Waals surface area contributed by atoms with Gasteiger partial charge in [0.1, 0.15) is 13.2 Å². The average molecular weight is 953 g/mol. The van der Waals surface area contributed by atoms with Gasteiger partial charge in [0.2, 0.25) is 0 Å². The minimum Gasteiger partial charge on any atom is -0.478 e. The van der Waals surface area contributed by atoms with Crippen LogP contribution in [0.3, 0.4) is 0 Å². The molecule has 0 aromatic heterocycles. The number of hydrogen-bond acceptors (Lipinski definition) is 11. The van der Waals surface area contributed by atoms with Gasteiger partial charge < -0.3 is 34.3 Å². The van der Waals surface area contributed by atoms with Crippen molar-refractivity contribution >= 4 is 122 Å². The minimum absolute atomic E-state index is 0. The van der Waals surface area contributed by atoms with Crippen LogP contribution in [0.1, 0.15) is 58.8 Å². The van der Waals surface area contributed by atoms with Crippen molar-refractivity contribution in [2.45, 2.75) is 39.9 Å². The maximum Gasteiger partial charge on any atom is 0.337 e. The molecular weight excluding hydrogens is 924 g/mol. The number of nitrogens with one attached hydrogen (secondary N) is 1. The molecule has 0 aliphatic rings. The summed E-state index contributed by atoms with van der Waals surface area (Å²) in [5.74, 6) is -5.46. The van der Waals surface area contributed by atoms with Crippen LogP contribution in [0.25, 0.3) is 0 Å². The Morgan fingerprint density at radius 2 is 1.17 bits per heavy atom. The Labute approximate surface area is 288 Å². The van der Waals surface area contributed by atoms with Crippen LogP contribution in [-0.4, -0.2) is 97.2 Å². The van der Waals surface area contributed by atoms with Crippen molar-refractivity contribution in [3.05, 3.63) is 27.4 Å². The second-order valence-corrected chi connectivity index (χ2v) is 11.6. The molecule has 1 rings (SSSR count). The SMILES string of the molecule is CC(=O)OCC(CNC(=O)c1c(I)c(C(=O)O)c(I)c(C(=O)N(C)CC(COC(C)=O)OC(C)=O)c1I)OC(C)=O.Cl. The Hall–Kier alpha value is -2.01. The van der Waals surface area contributed by atoms with Gasteiger partial charge in [0, 0.05) is 45.5 Å². The number of benzene rings is 1. The number of esters is 4. The highest BCUT2D eigenvalue weighted by Gasteiger charge is 2.32. The number of carboxylic acids is 1. The van der Waals surface area contributed by atoms with E-state index in [1.807, 2.05) is 0 Å². The van der Waals surface area contributed by atoms with Gasteiger partial charge in [0.05, 0.1) is 29.8 Å². The number of carboxylic acid groups (broad SMARTS) is 1. The van der Waals surface area contributed by atoms with E-state index in [1.54, 1.807) is 67.8 Å². The number of hydrogen-bond donors (Lipinski definition) is 2. The van der Waals surface area contributed by atoms with Crippen LogP contribution in [-0.2, 0) is 38.1 Å². The number of amides is 2. The van der Waals surface area contributed by atoms with Gasteiger partial charge in [-0.25, -0.2) is 4.79 Å². The lowest BCUT2D eigenvalue weighted by Crippen LogP contribution is -2.40. The van der Waals surface area contributed by atoms with Crippen molar-refractivity contribution in [1.29, 1.82) is 0 Å². The van der Waals surface area contributed by atoms with Crippen molar-refractivity contribution in [3.8, 4) is 0 Å². The normalized spacial score (nSPS) is 11.6. The Balaban J connectivity index is 0.0000168. The number of carbonyl (C=O) groups is 7. The van der Waals surface area contributed by atoms with Gasteiger partial charge >= 0.3 is 29.8 Å². The van der Waals surface area contributed by atoms with E-state index in [2.05, 4.69) is 5.32 Å². The molecule has 42 heavy (non-hydrogen) atoms. The van der Waals surface area contributed by atoms with Gasteiger partial charge in [-0.15, -0.1) is 12.4 Å². The molecule has 0 saturated carbocycles. The van der Waals surface area contributed by atoms with E-state index in [1.165, 1.54) is 14.0 Å². The third-order valence-electron chi connectivity index (χ3n) is 4.90. The predicted octanol–water partition coefficient (Wildman–Crippen LogP) is 2.41. The summed E-state index contributed by atoms with van der Waals surface area (Å²) >= 11 is 5.16. The number of nitrogens with zero attached hydrogens (tertiary/aromatic N) is 1. The lowest BCUT2D eigenvalue weighted by atomic mass is 10.0. The van der Waals surface area contributed by atoms with Crippen LogP contribution < -0.4 is 5.32 Å². The molecule has 2 N–H and O–H groups in total. The van der Waals surface area contributed by atoms with Gasteiger partial charge in [0.15, 0.2) is 12.2 Å². The Morgan fingerprint density at radius 1 is 0.738 bits per heavy atom. The number of ether oxygens (including phenoxy) is 4. The standard InChI is InChI=1S/C24H27I3N2O12.ClH/c1-10(30)38-8-14(40-12(3)32)6-28-22(34)16-19(25)17(21(27)18(20(16)26)24(36)37)23(35)29(5)7-15(41-13(4)33)9-39-11(2)31;/h14-15H,6-9H2,1-5H3,(H,28,34)(H,36,37);1H. The van der Waals surface area contributed by atoms with Gasteiger partial charge in [0.25, 0.3) is 11.8 Å². The molecule has 18 heteroatoms.